The second-order valence-electron chi connectivity index (χ2n) is 4.72. The normalized spacial score (nSPS) is 13.9. The van der Waals surface area contributed by atoms with Crippen molar-refractivity contribution >= 4 is 11.0 Å². The number of hydrogen-bond donors (Lipinski definition) is 0. The quantitative estimate of drug-likeness (QED) is 0.641. The third-order valence-electron chi connectivity index (χ3n) is 3.19. The highest BCUT2D eigenvalue weighted by atomic mass is 15.5. The Morgan fingerprint density at radius 3 is 2.41 bits per heavy atom. The Hall–Kier alpha value is -1.78. The molecule has 1 aromatic heterocycles. The molecule has 0 bridgehead atoms. The first-order chi connectivity index (χ1) is 8.09. The summed E-state index contributed by atoms with van der Waals surface area (Å²) >= 11 is 0. The van der Waals surface area contributed by atoms with Crippen LogP contribution >= 0.6 is 0 Å². The molecule has 2 aromatic rings. The van der Waals surface area contributed by atoms with Gasteiger partial charge in [0.15, 0.2) is 6.04 Å². The molecule has 0 fully saturated rings. The van der Waals surface area contributed by atoms with Gasteiger partial charge in [-0.05, 0) is 38.8 Å². The van der Waals surface area contributed by atoms with Crippen LogP contribution in [0.25, 0.3) is 11.0 Å². The van der Waals surface area contributed by atoms with E-state index in [9.17, 15) is 0 Å². The summed E-state index contributed by atoms with van der Waals surface area (Å²) in [5.74, 6) is 0. The van der Waals surface area contributed by atoms with Crippen LogP contribution in [0.3, 0.4) is 0 Å². The van der Waals surface area contributed by atoms with Crippen LogP contribution in [0.2, 0.25) is 0 Å². The molecule has 88 valence electrons. The molecule has 5 heteroatoms. The van der Waals surface area contributed by atoms with Crippen molar-refractivity contribution in [1.29, 1.82) is 0 Å². The van der Waals surface area contributed by atoms with Gasteiger partial charge in [0, 0.05) is 11.0 Å². The molecule has 0 unspecified atom stereocenters. The molecule has 0 N–H and O–H groups in total. The summed E-state index contributed by atoms with van der Waals surface area (Å²) in [5, 5.41) is 11.1. The molecule has 3 rings (SSSR count). The van der Waals surface area contributed by atoms with Crippen LogP contribution in [-0.4, -0.2) is 11.8 Å². The maximum absolute atomic E-state index is 4.55. The smallest absolute Gasteiger partial charge is 0.167 e. The van der Waals surface area contributed by atoms with E-state index in [4.69, 9.17) is 0 Å². The minimum absolute atomic E-state index is 0.268. The second-order valence-corrected chi connectivity index (χ2v) is 4.72. The van der Waals surface area contributed by atoms with Gasteiger partial charge in [0.05, 0.1) is 10.7 Å². The number of aryl methyl sites for hydroxylation is 2. The largest absolute Gasteiger partial charge is 0.259 e. The van der Waals surface area contributed by atoms with E-state index < -0.39 is 0 Å². The van der Waals surface area contributed by atoms with Crippen LogP contribution in [0.4, 0.5) is 0 Å². The summed E-state index contributed by atoms with van der Waals surface area (Å²) in [6.45, 7) is 8.78. The third kappa shape index (κ3) is 1.31. The summed E-state index contributed by atoms with van der Waals surface area (Å²) < 4.78 is 0. The fourth-order valence-corrected chi connectivity index (χ4v) is 2.20. The number of fused-ring (bicyclic) bond motifs is 2. The van der Waals surface area contributed by atoms with Crippen molar-refractivity contribution in [2.75, 3.05) is 6.67 Å². The minimum atomic E-state index is 0.268. The lowest BCUT2D eigenvalue weighted by Crippen LogP contribution is -2.42. The van der Waals surface area contributed by atoms with Gasteiger partial charge in [-0.25, -0.2) is 0 Å². The lowest BCUT2D eigenvalue weighted by Gasteiger charge is -1.99. The second kappa shape index (κ2) is 3.35. The van der Waals surface area contributed by atoms with Crippen LogP contribution in [0.1, 0.15) is 31.0 Å². The van der Waals surface area contributed by atoms with Crippen LogP contribution in [0.15, 0.2) is 9.98 Å². The summed E-state index contributed by atoms with van der Waals surface area (Å²) in [5.41, 5.74) is 4.09. The zero-order valence-electron chi connectivity index (χ0n) is 10.5. The van der Waals surface area contributed by atoms with E-state index in [0.29, 0.717) is 6.67 Å². The van der Waals surface area contributed by atoms with Crippen LogP contribution in [0.5, 0.6) is 0 Å². The average molecular weight is 229 g/mol. The summed E-state index contributed by atoms with van der Waals surface area (Å²) in [7, 11) is 0. The summed E-state index contributed by atoms with van der Waals surface area (Å²) in [4.78, 5) is 10.6. The Labute approximate surface area is 98.9 Å². The maximum Gasteiger partial charge on any atom is 0.167 e. The molecule has 1 aliphatic rings. The molecule has 0 saturated heterocycles. The first-order valence-corrected chi connectivity index (χ1v) is 5.84. The zero-order chi connectivity index (χ0) is 12.2. The highest BCUT2D eigenvalue weighted by molar-refractivity contribution is 5.79. The molecule has 2 heterocycles. The SMILES string of the molecule is Cc1c2c(c(C)c3[n-][n+](C(C)C)nc13)=NCN=2. The molecule has 1 aliphatic heterocycles. The molecule has 0 saturated carbocycles. The van der Waals surface area contributed by atoms with Gasteiger partial charge in [-0.3, -0.25) is 9.98 Å². The molecule has 0 aliphatic carbocycles. The number of aromatic nitrogens is 3. The van der Waals surface area contributed by atoms with Gasteiger partial charge >= 0.3 is 0 Å². The average Bonchev–Trinajstić information content (AvgIpc) is 2.92. The lowest BCUT2D eigenvalue weighted by molar-refractivity contribution is -0.820. The van der Waals surface area contributed by atoms with E-state index in [0.717, 1.165) is 32.9 Å². The Balaban J connectivity index is 2.51. The molecule has 17 heavy (non-hydrogen) atoms. The third-order valence-corrected chi connectivity index (χ3v) is 3.19. The molecular weight excluding hydrogens is 214 g/mol. The standard InChI is InChI=1S/C12H15N5/c1-6(2)17-15-11-7(3)9-10(14-5-13-9)8(4)12(11)16-17/h6H,5H2,1-4H3. The van der Waals surface area contributed by atoms with Gasteiger partial charge in [0.2, 0.25) is 0 Å². The number of nitrogens with zero attached hydrogens (tertiary/aromatic N) is 5. The van der Waals surface area contributed by atoms with Crippen molar-refractivity contribution in [3.63, 3.8) is 0 Å². The lowest BCUT2D eigenvalue weighted by atomic mass is 10.1. The van der Waals surface area contributed by atoms with Crippen LogP contribution in [0, 0.1) is 13.8 Å². The van der Waals surface area contributed by atoms with E-state index in [1.54, 1.807) is 4.80 Å². The minimum Gasteiger partial charge on any atom is -0.259 e. The Kier molecular flexibility index (Phi) is 2.05. The topological polar surface area (TPSA) is 55.6 Å². The molecule has 0 atom stereocenters. The zero-order valence-corrected chi connectivity index (χ0v) is 10.5. The first kappa shape index (κ1) is 10.4. The van der Waals surface area contributed by atoms with Crippen molar-refractivity contribution in [2.24, 2.45) is 9.98 Å². The van der Waals surface area contributed by atoms with E-state index in [1.807, 2.05) is 13.8 Å². The van der Waals surface area contributed by atoms with Gasteiger partial charge in [0.1, 0.15) is 6.67 Å². The van der Waals surface area contributed by atoms with Gasteiger partial charge < -0.3 is 0 Å². The predicted octanol–water partition coefficient (Wildman–Crippen LogP) is -0.112. The Morgan fingerprint density at radius 2 is 1.76 bits per heavy atom. The van der Waals surface area contributed by atoms with Gasteiger partial charge in [0.25, 0.3) is 0 Å². The fraction of sp³-hybridized carbons (Fsp3) is 0.500. The van der Waals surface area contributed by atoms with Gasteiger partial charge in [-0.15, -0.1) is 0 Å². The van der Waals surface area contributed by atoms with E-state index in [2.05, 4.69) is 34.0 Å². The molecule has 1 aromatic carbocycles. The summed E-state index contributed by atoms with van der Waals surface area (Å²) in [6, 6.07) is 0.268. The van der Waals surface area contributed by atoms with Gasteiger partial charge in [-0.1, -0.05) is 0 Å². The van der Waals surface area contributed by atoms with Crippen LogP contribution < -0.4 is 20.6 Å². The number of hydrogen-bond acceptors (Lipinski definition) is 3. The number of rotatable bonds is 1. The van der Waals surface area contributed by atoms with Crippen molar-refractivity contribution in [1.82, 2.24) is 10.2 Å². The van der Waals surface area contributed by atoms with Gasteiger partial charge in [-0.2, -0.15) is 15.0 Å². The molecular formula is C12H15N5. The van der Waals surface area contributed by atoms with Crippen LogP contribution in [-0.2, 0) is 0 Å². The van der Waals surface area contributed by atoms with E-state index in [1.165, 1.54) is 0 Å². The maximum atomic E-state index is 4.55. The van der Waals surface area contributed by atoms with Crippen molar-refractivity contribution < 1.29 is 4.80 Å². The molecule has 0 radical (unpaired) electrons. The van der Waals surface area contributed by atoms with E-state index in [-0.39, 0.29) is 6.04 Å². The Bertz CT molecular complexity index is 667. The van der Waals surface area contributed by atoms with Crippen molar-refractivity contribution in [2.45, 2.75) is 33.7 Å². The summed E-state index contributed by atoms with van der Waals surface area (Å²) in [6.07, 6.45) is 0. The van der Waals surface area contributed by atoms with Crippen molar-refractivity contribution in [3.05, 3.63) is 21.8 Å². The number of benzene rings is 1. The first-order valence-electron chi connectivity index (χ1n) is 5.84. The molecule has 0 amide bonds. The highest BCUT2D eigenvalue weighted by Gasteiger charge is 2.13. The fourth-order valence-electron chi connectivity index (χ4n) is 2.20. The molecule has 0 spiro atoms. The highest BCUT2D eigenvalue weighted by Crippen LogP contribution is 2.11. The Morgan fingerprint density at radius 1 is 1.12 bits per heavy atom. The molecule has 5 nitrogen and oxygen atoms in total. The monoisotopic (exact) mass is 229 g/mol. The predicted molar refractivity (Wildman–Crippen MR) is 62.3 cm³/mol. The van der Waals surface area contributed by atoms with Crippen molar-refractivity contribution in [3.8, 4) is 0 Å². The van der Waals surface area contributed by atoms with E-state index >= 15 is 0 Å².